The molecule has 2 fully saturated rings. The van der Waals surface area contributed by atoms with Gasteiger partial charge < -0.3 is 4.74 Å². The van der Waals surface area contributed by atoms with E-state index in [0.717, 1.165) is 31.9 Å². The number of halogens is 3. The van der Waals surface area contributed by atoms with E-state index in [1.54, 1.807) is 0 Å². The minimum Gasteiger partial charge on any atom is -0.485 e. The van der Waals surface area contributed by atoms with Gasteiger partial charge in [0.05, 0.1) is 6.20 Å². The first kappa shape index (κ1) is 17.9. The molecule has 0 atom stereocenters. The zero-order chi connectivity index (χ0) is 17.4. The second kappa shape index (κ2) is 6.41. The molecule has 0 saturated carbocycles. The van der Waals surface area contributed by atoms with Crippen LogP contribution in [-0.2, 0) is 6.18 Å². The maximum Gasteiger partial charge on any atom is 0.433 e. The third kappa shape index (κ3) is 4.17. The van der Waals surface area contributed by atoms with E-state index in [4.69, 9.17) is 4.74 Å². The van der Waals surface area contributed by atoms with Gasteiger partial charge in [0.2, 0.25) is 0 Å². The van der Waals surface area contributed by atoms with Crippen LogP contribution in [0.2, 0.25) is 0 Å². The molecular weight excluding hydrogens is 337 g/mol. The molecule has 3 rings (SSSR count). The average Bonchev–Trinajstić information content (AvgIpc) is 2.45. The van der Waals surface area contributed by atoms with Crippen molar-refractivity contribution in [2.75, 3.05) is 31.1 Å². The lowest BCUT2D eigenvalue weighted by atomic mass is 9.81. The predicted molar refractivity (Wildman–Crippen MR) is 89.4 cm³/mol. The van der Waals surface area contributed by atoms with E-state index in [-0.39, 0.29) is 0 Å². The largest absolute Gasteiger partial charge is 0.485 e. The zero-order valence-corrected chi connectivity index (χ0v) is 14.8. The van der Waals surface area contributed by atoms with E-state index in [1.165, 1.54) is 30.4 Å². The lowest BCUT2D eigenvalue weighted by molar-refractivity contribution is -0.141. The summed E-state index contributed by atoms with van der Waals surface area (Å²) in [5.41, 5.74) is -0.795. The van der Waals surface area contributed by atoms with E-state index in [0.29, 0.717) is 11.2 Å². The van der Waals surface area contributed by atoms with E-state index >= 15 is 0 Å². The van der Waals surface area contributed by atoms with Crippen LogP contribution >= 0.6 is 11.8 Å². The summed E-state index contributed by atoms with van der Waals surface area (Å²) in [6.07, 6.45) is -0.797. The van der Waals surface area contributed by atoms with Crippen LogP contribution in [0.4, 0.5) is 13.2 Å². The minimum atomic E-state index is -4.42. The number of rotatable bonds is 4. The highest BCUT2D eigenvalue weighted by Gasteiger charge is 2.41. The topological polar surface area (TPSA) is 25.4 Å². The van der Waals surface area contributed by atoms with Gasteiger partial charge in [0.15, 0.2) is 0 Å². The molecule has 2 aliphatic rings. The molecule has 1 aromatic rings. The molecule has 3 heterocycles. The number of alkyl halides is 3. The van der Waals surface area contributed by atoms with Crippen LogP contribution in [-0.4, -0.2) is 46.6 Å². The van der Waals surface area contributed by atoms with E-state index in [2.05, 4.69) is 9.88 Å². The summed E-state index contributed by atoms with van der Waals surface area (Å²) in [6, 6.07) is 2.30. The molecule has 0 unspecified atom stereocenters. The molecule has 3 nitrogen and oxygen atoms in total. The lowest BCUT2D eigenvalue weighted by Gasteiger charge is -2.48. The zero-order valence-electron chi connectivity index (χ0n) is 14.0. The Kier molecular flexibility index (Phi) is 4.77. The van der Waals surface area contributed by atoms with Crippen molar-refractivity contribution in [3.8, 4) is 5.75 Å². The molecule has 0 bridgehead atoms. The molecule has 2 aliphatic heterocycles. The number of hydrogen-bond donors (Lipinski definition) is 0. The van der Waals surface area contributed by atoms with Gasteiger partial charge in [-0.25, -0.2) is 4.98 Å². The molecule has 2 saturated heterocycles. The monoisotopic (exact) mass is 360 g/mol. The Bertz CT molecular complexity index is 560. The maximum atomic E-state index is 12.6. The minimum absolute atomic E-state index is 0.372. The number of aromatic nitrogens is 1. The maximum absolute atomic E-state index is 12.6. The summed E-state index contributed by atoms with van der Waals surface area (Å²) in [7, 11) is 0. The second-order valence-electron chi connectivity index (χ2n) is 7.51. The number of ether oxygens (including phenoxy) is 1. The average molecular weight is 360 g/mol. The first-order valence-electron chi connectivity index (χ1n) is 8.20. The van der Waals surface area contributed by atoms with Crippen molar-refractivity contribution in [1.82, 2.24) is 9.88 Å². The highest BCUT2D eigenvalue weighted by atomic mass is 32.2. The summed E-state index contributed by atoms with van der Waals surface area (Å²) in [5, 5.41) is 0. The van der Waals surface area contributed by atoms with Crippen LogP contribution in [0, 0.1) is 5.41 Å². The molecular formula is C17H23F3N2OS. The van der Waals surface area contributed by atoms with Gasteiger partial charge >= 0.3 is 6.18 Å². The standard InChI is InChI=1S/C17H23F3N2OS/c1-15(2,10-22-7-5-16(6-8-22)11-24-12-16)23-13-3-4-14(21-9-13)17(18,19)20/h3-4,9H,5-8,10-12H2,1-2H3. The first-order valence-corrected chi connectivity index (χ1v) is 9.35. The fourth-order valence-corrected chi connectivity index (χ4v) is 4.72. The van der Waals surface area contributed by atoms with Crippen LogP contribution in [0.15, 0.2) is 18.3 Å². The smallest absolute Gasteiger partial charge is 0.433 e. The van der Waals surface area contributed by atoms with Crippen molar-refractivity contribution in [1.29, 1.82) is 0 Å². The Labute approximate surface area is 145 Å². The van der Waals surface area contributed by atoms with Crippen LogP contribution in [0.5, 0.6) is 5.75 Å². The Morgan fingerprint density at radius 1 is 1.21 bits per heavy atom. The first-order chi connectivity index (χ1) is 11.2. The van der Waals surface area contributed by atoms with Gasteiger partial charge in [0.25, 0.3) is 0 Å². The normalized spacial score (nSPS) is 21.5. The van der Waals surface area contributed by atoms with E-state index in [1.807, 2.05) is 25.6 Å². The van der Waals surface area contributed by atoms with Gasteiger partial charge in [0, 0.05) is 6.54 Å². The van der Waals surface area contributed by atoms with Crippen molar-refractivity contribution >= 4 is 11.8 Å². The van der Waals surface area contributed by atoms with Gasteiger partial charge in [-0.15, -0.1) is 0 Å². The molecule has 7 heteroatoms. The quantitative estimate of drug-likeness (QED) is 0.808. The Morgan fingerprint density at radius 3 is 2.33 bits per heavy atom. The second-order valence-corrected chi connectivity index (χ2v) is 8.49. The summed E-state index contributed by atoms with van der Waals surface area (Å²) in [4.78, 5) is 5.85. The number of pyridine rings is 1. The van der Waals surface area contributed by atoms with Gasteiger partial charge in [0.1, 0.15) is 17.0 Å². The third-order valence-corrected chi connectivity index (χ3v) is 6.39. The number of nitrogens with zero attached hydrogens (tertiary/aromatic N) is 2. The summed E-state index contributed by atoms with van der Waals surface area (Å²) in [5.74, 6) is 2.95. The Hall–Kier alpha value is -0.950. The molecule has 1 aromatic heterocycles. The highest BCUT2D eigenvalue weighted by molar-refractivity contribution is 8.00. The van der Waals surface area contributed by atoms with Crippen molar-refractivity contribution < 1.29 is 17.9 Å². The fourth-order valence-electron chi connectivity index (χ4n) is 3.36. The SMILES string of the molecule is CC(C)(CN1CCC2(CC1)CSC2)Oc1ccc(C(F)(F)F)nc1. The third-order valence-electron chi connectivity index (χ3n) is 4.76. The molecule has 0 aromatic carbocycles. The molecule has 0 amide bonds. The number of hydrogen-bond acceptors (Lipinski definition) is 4. The summed E-state index contributed by atoms with van der Waals surface area (Å²) < 4.78 is 43.5. The highest BCUT2D eigenvalue weighted by Crippen LogP contribution is 2.46. The van der Waals surface area contributed by atoms with Crippen LogP contribution < -0.4 is 4.74 Å². The van der Waals surface area contributed by atoms with Crippen molar-refractivity contribution in [3.63, 3.8) is 0 Å². The number of likely N-dealkylation sites (tertiary alicyclic amines) is 1. The predicted octanol–water partition coefficient (Wildman–Crippen LogP) is 4.09. The molecule has 0 N–H and O–H groups in total. The van der Waals surface area contributed by atoms with E-state index in [9.17, 15) is 13.2 Å². The molecule has 134 valence electrons. The molecule has 1 spiro atoms. The van der Waals surface area contributed by atoms with Gasteiger partial charge in [-0.05, 0) is 68.8 Å². The number of piperidine rings is 1. The summed E-state index contributed by atoms with van der Waals surface area (Å²) in [6.45, 7) is 6.83. The molecule has 0 radical (unpaired) electrons. The Morgan fingerprint density at radius 2 is 1.88 bits per heavy atom. The lowest BCUT2D eigenvalue weighted by Crippen LogP contribution is -2.51. The van der Waals surface area contributed by atoms with E-state index < -0.39 is 17.5 Å². The van der Waals surface area contributed by atoms with Gasteiger partial charge in [-0.2, -0.15) is 24.9 Å². The van der Waals surface area contributed by atoms with Gasteiger partial charge in [-0.3, -0.25) is 4.90 Å². The van der Waals surface area contributed by atoms with Crippen molar-refractivity contribution in [2.45, 2.75) is 38.5 Å². The van der Waals surface area contributed by atoms with Gasteiger partial charge in [-0.1, -0.05) is 0 Å². The van der Waals surface area contributed by atoms with Crippen LogP contribution in [0.25, 0.3) is 0 Å². The summed E-state index contributed by atoms with van der Waals surface area (Å²) >= 11 is 2.03. The van der Waals surface area contributed by atoms with Crippen molar-refractivity contribution in [3.05, 3.63) is 24.0 Å². The molecule has 0 aliphatic carbocycles. The number of thioether (sulfide) groups is 1. The fraction of sp³-hybridized carbons (Fsp3) is 0.706. The van der Waals surface area contributed by atoms with Crippen LogP contribution in [0.3, 0.4) is 0 Å². The van der Waals surface area contributed by atoms with Crippen molar-refractivity contribution in [2.24, 2.45) is 5.41 Å². The Balaban J connectivity index is 1.54. The van der Waals surface area contributed by atoms with Crippen LogP contribution in [0.1, 0.15) is 32.4 Å². The molecule has 24 heavy (non-hydrogen) atoms.